The SMILES string of the molecule is COCCOC(=O)c1ccc(NC(=O)c2ccc(Cl)c(Cl)c2)cc1. The number of rotatable bonds is 6. The van der Waals surface area contributed by atoms with E-state index >= 15 is 0 Å². The lowest BCUT2D eigenvalue weighted by molar-refractivity contribution is 0.0388. The van der Waals surface area contributed by atoms with Crippen molar-refractivity contribution in [2.75, 3.05) is 25.6 Å². The predicted octanol–water partition coefficient (Wildman–Crippen LogP) is 4.05. The standard InChI is InChI=1S/C17H15Cl2NO4/c1-23-8-9-24-17(22)11-2-5-13(6-3-11)20-16(21)12-4-7-14(18)15(19)10-12/h2-7,10H,8-9H2,1H3,(H,20,21). The summed E-state index contributed by atoms with van der Waals surface area (Å²) in [6.45, 7) is 0.522. The molecule has 0 aliphatic rings. The molecule has 0 fully saturated rings. The Hall–Kier alpha value is -2.08. The number of methoxy groups -OCH3 is 1. The Morgan fingerprint density at radius 3 is 2.25 bits per heavy atom. The number of carbonyl (C=O) groups excluding carboxylic acids is 2. The Balaban J connectivity index is 1.99. The molecule has 1 N–H and O–H groups in total. The molecule has 0 saturated carbocycles. The maximum absolute atomic E-state index is 12.2. The van der Waals surface area contributed by atoms with Gasteiger partial charge in [-0.1, -0.05) is 23.2 Å². The molecule has 2 aromatic carbocycles. The fourth-order valence-electron chi connectivity index (χ4n) is 1.83. The van der Waals surface area contributed by atoms with E-state index in [1.165, 1.54) is 13.2 Å². The molecule has 7 heteroatoms. The minimum atomic E-state index is -0.450. The molecule has 0 radical (unpaired) electrons. The summed E-state index contributed by atoms with van der Waals surface area (Å²) < 4.78 is 9.81. The van der Waals surface area contributed by atoms with E-state index in [1.54, 1.807) is 36.4 Å². The third-order valence-corrected chi connectivity index (χ3v) is 3.82. The van der Waals surface area contributed by atoms with Crippen molar-refractivity contribution in [1.82, 2.24) is 0 Å². The molecule has 2 rings (SSSR count). The molecule has 0 aromatic heterocycles. The third-order valence-electron chi connectivity index (χ3n) is 3.08. The monoisotopic (exact) mass is 367 g/mol. The van der Waals surface area contributed by atoms with Crippen LogP contribution in [0, 0.1) is 0 Å². The van der Waals surface area contributed by atoms with E-state index in [4.69, 9.17) is 32.7 Å². The molecule has 0 aliphatic heterocycles. The number of benzene rings is 2. The molecular weight excluding hydrogens is 353 g/mol. The molecule has 5 nitrogen and oxygen atoms in total. The zero-order valence-electron chi connectivity index (χ0n) is 12.8. The maximum atomic E-state index is 12.2. The summed E-state index contributed by atoms with van der Waals surface area (Å²) in [6.07, 6.45) is 0. The van der Waals surface area contributed by atoms with Gasteiger partial charge in [0, 0.05) is 18.4 Å². The van der Waals surface area contributed by atoms with Gasteiger partial charge in [-0.05, 0) is 42.5 Å². The van der Waals surface area contributed by atoms with E-state index in [0.717, 1.165) is 0 Å². The summed E-state index contributed by atoms with van der Waals surface area (Å²) in [5.41, 5.74) is 1.31. The van der Waals surface area contributed by atoms with Crippen LogP contribution in [0.25, 0.3) is 0 Å². The minimum Gasteiger partial charge on any atom is -0.460 e. The Morgan fingerprint density at radius 2 is 1.62 bits per heavy atom. The lowest BCUT2D eigenvalue weighted by atomic mass is 10.2. The van der Waals surface area contributed by atoms with E-state index < -0.39 is 5.97 Å². The summed E-state index contributed by atoms with van der Waals surface area (Å²) in [4.78, 5) is 23.9. The smallest absolute Gasteiger partial charge is 0.338 e. The lowest BCUT2D eigenvalue weighted by Gasteiger charge is -2.08. The normalized spacial score (nSPS) is 10.3. The van der Waals surface area contributed by atoms with Crippen LogP contribution in [0.4, 0.5) is 5.69 Å². The van der Waals surface area contributed by atoms with Crippen LogP contribution in [0.1, 0.15) is 20.7 Å². The van der Waals surface area contributed by atoms with E-state index in [9.17, 15) is 9.59 Å². The van der Waals surface area contributed by atoms with Crippen LogP contribution in [0.3, 0.4) is 0 Å². The second kappa shape index (κ2) is 8.68. The van der Waals surface area contributed by atoms with Gasteiger partial charge in [0.2, 0.25) is 0 Å². The number of halogens is 2. The van der Waals surface area contributed by atoms with Crippen LogP contribution in [-0.2, 0) is 9.47 Å². The second-order valence-corrected chi connectivity index (χ2v) is 5.60. The number of nitrogens with one attached hydrogen (secondary N) is 1. The van der Waals surface area contributed by atoms with Gasteiger partial charge in [-0.15, -0.1) is 0 Å². The number of amides is 1. The average molecular weight is 368 g/mol. The van der Waals surface area contributed by atoms with E-state index in [0.29, 0.717) is 33.5 Å². The number of ether oxygens (including phenoxy) is 2. The summed E-state index contributed by atoms with van der Waals surface area (Å²) in [6, 6.07) is 11.0. The molecule has 126 valence electrons. The van der Waals surface area contributed by atoms with Crippen LogP contribution < -0.4 is 5.32 Å². The summed E-state index contributed by atoms with van der Waals surface area (Å²) in [5.74, 6) is -0.779. The van der Waals surface area contributed by atoms with Crippen LogP contribution in [0.5, 0.6) is 0 Å². The number of esters is 1. The van der Waals surface area contributed by atoms with Crippen molar-refractivity contribution >= 4 is 40.8 Å². The van der Waals surface area contributed by atoms with E-state index in [1.807, 2.05) is 0 Å². The number of carbonyl (C=O) groups is 2. The molecular formula is C17H15Cl2NO4. The molecule has 24 heavy (non-hydrogen) atoms. The first-order chi connectivity index (χ1) is 11.5. The largest absolute Gasteiger partial charge is 0.460 e. The Morgan fingerprint density at radius 1 is 0.958 bits per heavy atom. The van der Waals surface area contributed by atoms with Gasteiger partial charge in [0.05, 0.1) is 22.2 Å². The van der Waals surface area contributed by atoms with Gasteiger partial charge >= 0.3 is 5.97 Å². The third kappa shape index (κ3) is 4.96. The highest BCUT2D eigenvalue weighted by atomic mass is 35.5. The van der Waals surface area contributed by atoms with Crippen LogP contribution in [0.2, 0.25) is 10.0 Å². The maximum Gasteiger partial charge on any atom is 0.338 e. The zero-order valence-corrected chi connectivity index (χ0v) is 14.4. The highest BCUT2D eigenvalue weighted by molar-refractivity contribution is 6.42. The quantitative estimate of drug-likeness (QED) is 0.617. The fourth-order valence-corrected chi connectivity index (χ4v) is 2.13. The number of anilines is 1. The first-order valence-corrected chi connectivity index (χ1v) is 7.79. The number of hydrogen-bond acceptors (Lipinski definition) is 4. The Kier molecular flexibility index (Phi) is 6.61. The molecule has 0 bridgehead atoms. The van der Waals surface area contributed by atoms with Crippen molar-refractivity contribution in [3.63, 3.8) is 0 Å². The van der Waals surface area contributed by atoms with Gasteiger partial charge < -0.3 is 14.8 Å². The molecule has 0 saturated heterocycles. The van der Waals surface area contributed by atoms with Crippen LogP contribution in [0.15, 0.2) is 42.5 Å². The van der Waals surface area contributed by atoms with Crippen molar-refractivity contribution < 1.29 is 19.1 Å². The van der Waals surface area contributed by atoms with Crippen molar-refractivity contribution in [2.24, 2.45) is 0 Å². The van der Waals surface area contributed by atoms with E-state index in [-0.39, 0.29) is 12.5 Å². The first kappa shape index (κ1) is 18.3. The summed E-state index contributed by atoms with van der Waals surface area (Å²) in [5, 5.41) is 3.39. The van der Waals surface area contributed by atoms with Crippen LogP contribution >= 0.6 is 23.2 Å². The molecule has 1 amide bonds. The zero-order chi connectivity index (χ0) is 17.5. The Labute approximate surface area is 149 Å². The second-order valence-electron chi connectivity index (χ2n) is 4.79. The van der Waals surface area contributed by atoms with Gasteiger partial charge in [0.1, 0.15) is 6.61 Å². The molecule has 0 unspecified atom stereocenters. The molecule has 0 spiro atoms. The van der Waals surface area contributed by atoms with Crippen molar-refractivity contribution in [3.8, 4) is 0 Å². The number of hydrogen-bond donors (Lipinski definition) is 1. The topological polar surface area (TPSA) is 64.6 Å². The van der Waals surface area contributed by atoms with Gasteiger partial charge in [0.15, 0.2) is 0 Å². The fraction of sp³-hybridized carbons (Fsp3) is 0.176. The van der Waals surface area contributed by atoms with Crippen molar-refractivity contribution in [1.29, 1.82) is 0 Å². The van der Waals surface area contributed by atoms with Gasteiger partial charge in [0.25, 0.3) is 5.91 Å². The molecule has 0 aliphatic carbocycles. The summed E-state index contributed by atoms with van der Waals surface area (Å²) >= 11 is 11.7. The van der Waals surface area contributed by atoms with Gasteiger partial charge in [-0.25, -0.2) is 4.79 Å². The van der Waals surface area contributed by atoms with Gasteiger partial charge in [-0.2, -0.15) is 0 Å². The lowest BCUT2D eigenvalue weighted by Crippen LogP contribution is -2.12. The summed E-state index contributed by atoms with van der Waals surface area (Å²) in [7, 11) is 1.53. The van der Waals surface area contributed by atoms with Crippen LogP contribution in [-0.4, -0.2) is 32.2 Å². The van der Waals surface area contributed by atoms with Crippen molar-refractivity contribution in [2.45, 2.75) is 0 Å². The predicted molar refractivity (Wildman–Crippen MR) is 93.0 cm³/mol. The van der Waals surface area contributed by atoms with Crippen molar-refractivity contribution in [3.05, 3.63) is 63.6 Å². The highest BCUT2D eigenvalue weighted by Crippen LogP contribution is 2.23. The molecule has 0 atom stereocenters. The molecule has 0 heterocycles. The minimum absolute atomic E-state index is 0.186. The highest BCUT2D eigenvalue weighted by Gasteiger charge is 2.10. The van der Waals surface area contributed by atoms with E-state index in [2.05, 4.69) is 5.32 Å². The van der Waals surface area contributed by atoms with Gasteiger partial charge in [-0.3, -0.25) is 4.79 Å². The Bertz CT molecular complexity index is 732. The first-order valence-electron chi connectivity index (χ1n) is 7.04. The molecule has 2 aromatic rings. The average Bonchev–Trinajstić information content (AvgIpc) is 2.58.